The standard InChI is InChI=1S/C18H14N2OS3/c1-11-6-5-7-12(10-11)20-16(21)15(24-18(20)22)17-19(2)13-8-3-4-9-14(13)23-17/h3-10H,1-2H3. The number of benzene rings is 2. The quantitative estimate of drug-likeness (QED) is 0.531. The van der Waals surface area contributed by atoms with E-state index in [1.165, 1.54) is 11.8 Å². The van der Waals surface area contributed by atoms with Crippen LogP contribution in [0.25, 0.3) is 0 Å². The molecule has 24 heavy (non-hydrogen) atoms. The first kappa shape index (κ1) is 15.7. The van der Waals surface area contributed by atoms with Gasteiger partial charge >= 0.3 is 0 Å². The summed E-state index contributed by atoms with van der Waals surface area (Å²) in [6.45, 7) is 2.01. The maximum absolute atomic E-state index is 13.0. The minimum Gasteiger partial charge on any atom is -0.337 e. The number of carbonyl (C=O) groups is 1. The summed E-state index contributed by atoms with van der Waals surface area (Å²) >= 11 is 8.49. The van der Waals surface area contributed by atoms with Crippen LogP contribution in [-0.4, -0.2) is 17.3 Å². The SMILES string of the molecule is Cc1cccc(N2C(=O)C(=C3Sc4ccccc4N3C)SC2=S)c1. The average Bonchev–Trinajstić information content (AvgIpc) is 3.05. The third-order valence-electron chi connectivity index (χ3n) is 3.96. The van der Waals surface area contributed by atoms with E-state index in [1.807, 2.05) is 50.4 Å². The van der Waals surface area contributed by atoms with Gasteiger partial charge < -0.3 is 4.90 Å². The second kappa shape index (κ2) is 5.95. The van der Waals surface area contributed by atoms with E-state index < -0.39 is 0 Å². The summed E-state index contributed by atoms with van der Waals surface area (Å²) in [6.07, 6.45) is 0. The van der Waals surface area contributed by atoms with Crippen LogP contribution >= 0.6 is 35.7 Å². The van der Waals surface area contributed by atoms with Crippen molar-refractivity contribution in [1.29, 1.82) is 0 Å². The van der Waals surface area contributed by atoms with Crippen molar-refractivity contribution in [2.45, 2.75) is 11.8 Å². The predicted molar refractivity (Wildman–Crippen MR) is 107 cm³/mol. The molecule has 0 atom stereocenters. The molecule has 2 aromatic carbocycles. The summed E-state index contributed by atoms with van der Waals surface area (Å²) in [6, 6.07) is 16.0. The Labute approximate surface area is 154 Å². The number of nitrogens with zero attached hydrogens (tertiary/aromatic N) is 2. The van der Waals surface area contributed by atoms with Crippen molar-refractivity contribution < 1.29 is 4.79 Å². The van der Waals surface area contributed by atoms with E-state index in [0.29, 0.717) is 9.23 Å². The number of thioether (sulfide) groups is 2. The zero-order chi connectivity index (χ0) is 16.8. The van der Waals surface area contributed by atoms with Crippen LogP contribution in [0.2, 0.25) is 0 Å². The largest absolute Gasteiger partial charge is 0.337 e. The molecule has 120 valence electrons. The van der Waals surface area contributed by atoms with Crippen LogP contribution in [0.5, 0.6) is 0 Å². The Bertz CT molecular complexity index is 907. The topological polar surface area (TPSA) is 23.6 Å². The van der Waals surface area contributed by atoms with Gasteiger partial charge in [0.1, 0.15) is 4.91 Å². The molecule has 6 heteroatoms. The van der Waals surface area contributed by atoms with Gasteiger partial charge in [-0.2, -0.15) is 0 Å². The Kier molecular flexibility index (Phi) is 3.90. The molecular weight excluding hydrogens is 356 g/mol. The summed E-state index contributed by atoms with van der Waals surface area (Å²) < 4.78 is 0.582. The van der Waals surface area contributed by atoms with Crippen molar-refractivity contribution in [3.05, 3.63) is 64.0 Å². The molecule has 0 radical (unpaired) electrons. The number of anilines is 2. The van der Waals surface area contributed by atoms with Crippen LogP contribution in [0.4, 0.5) is 11.4 Å². The monoisotopic (exact) mass is 370 g/mol. The van der Waals surface area contributed by atoms with Gasteiger partial charge in [-0.3, -0.25) is 9.69 Å². The van der Waals surface area contributed by atoms with Gasteiger partial charge in [-0.15, -0.1) is 0 Å². The smallest absolute Gasteiger partial charge is 0.273 e. The lowest BCUT2D eigenvalue weighted by Gasteiger charge is -2.16. The minimum atomic E-state index is -0.0437. The highest BCUT2D eigenvalue weighted by atomic mass is 32.2. The minimum absolute atomic E-state index is 0.0437. The number of carbonyl (C=O) groups excluding carboxylic acids is 1. The van der Waals surface area contributed by atoms with E-state index in [0.717, 1.165) is 26.9 Å². The van der Waals surface area contributed by atoms with E-state index in [2.05, 4.69) is 17.0 Å². The van der Waals surface area contributed by atoms with Crippen LogP contribution in [-0.2, 0) is 4.79 Å². The summed E-state index contributed by atoms with van der Waals surface area (Å²) in [5, 5.41) is 0.948. The lowest BCUT2D eigenvalue weighted by molar-refractivity contribution is -0.113. The molecule has 0 unspecified atom stereocenters. The molecule has 1 saturated heterocycles. The number of fused-ring (bicyclic) bond motifs is 1. The molecule has 1 amide bonds. The molecule has 2 heterocycles. The highest BCUT2D eigenvalue weighted by Gasteiger charge is 2.38. The van der Waals surface area contributed by atoms with E-state index >= 15 is 0 Å². The number of thiocarbonyl (C=S) groups is 1. The second-order valence-electron chi connectivity index (χ2n) is 5.61. The molecule has 0 aliphatic carbocycles. The molecule has 0 N–H and O–H groups in total. The molecule has 0 aromatic heterocycles. The molecule has 2 aliphatic heterocycles. The van der Waals surface area contributed by atoms with Crippen molar-refractivity contribution in [2.75, 3.05) is 16.8 Å². The molecule has 0 saturated carbocycles. The second-order valence-corrected chi connectivity index (χ2v) is 8.29. The number of hydrogen-bond donors (Lipinski definition) is 0. The highest BCUT2D eigenvalue weighted by Crippen LogP contribution is 2.50. The number of hydrogen-bond acceptors (Lipinski definition) is 5. The Morgan fingerprint density at radius 3 is 2.58 bits per heavy atom. The van der Waals surface area contributed by atoms with E-state index in [1.54, 1.807) is 16.7 Å². The van der Waals surface area contributed by atoms with Gasteiger partial charge in [-0.25, -0.2) is 0 Å². The van der Waals surface area contributed by atoms with Crippen LogP contribution in [0.15, 0.2) is 63.4 Å². The fraction of sp³-hybridized carbons (Fsp3) is 0.111. The number of para-hydroxylation sites is 1. The molecule has 3 nitrogen and oxygen atoms in total. The van der Waals surface area contributed by atoms with Crippen LogP contribution in [0, 0.1) is 6.92 Å². The maximum Gasteiger partial charge on any atom is 0.273 e. The number of aryl methyl sites for hydroxylation is 1. The first-order chi connectivity index (χ1) is 11.6. The lowest BCUT2D eigenvalue weighted by Crippen LogP contribution is -2.28. The Balaban J connectivity index is 1.75. The van der Waals surface area contributed by atoms with Crippen molar-refractivity contribution in [3.63, 3.8) is 0 Å². The highest BCUT2D eigenvalue weighted by molar-refractivity contribution is 8.27. The van der Waals surface area contributed by atoms with Gasteiger partial charge in [0.15, 0.2) is 4.32 Å². The fourth-order valence-corrected chi connectivity index (χ4v) is 5.41. The van der Waals surface area contributed by atoms with Crippen molar-refractivity contribution in [2.24, 2.45) is 0 Å². The van der Waals surface area contributed by atoms with E-state index in [4.69, 9.17) is 12.2 Å². The summed E-state index contributed by atoms with van der Waals surface area (Å²) in [5.41, 5.74) is 3.06. The van der Waals surface area contributed by atoms with Gasteiger partial charge in [-0.1, -0.05) is 60.0 Å². The summed E-state index contributed by atoms with van der Waals surface area (Å²) in [7, 11) is 1.99. The van der Waals surface area contributed by atoms with Crippen LogP contribution in [0.3, 0.4) is 0 Å². The molecule has 2 aliphatic rings. The molecule has 0 bridgehead atoms. The predicted octanol–water partition coefficient (Wildman–Crippen LogP) is 4.77. The number of amides is 1. The van der Waals surface area contributed by atoms with Gasteiger partial charge in [0, 0.05) is 11.9 Å². The van der Waals surface area contributed by atoms with E-state index in [9.17, 15) is 4.79 Å². The molecule has 1 fully saturated rings. The zero-order valence-corrected chi connectivity index (χ0v) is 15.6. The van der Waals surface area contributed by atoms with Crippen LogP contribution < -0.4 is 9.80 Å². The Hall–Kier alpha value is -1.76. The summed E-state index contributed by atoms with van der Waals surface area (Å²) in [5.74, 6) is -0.0437. The van der Waals surface area contributed by atoms with E-state index in [-0.39, 0.29) is 5.91 Å². The lowest BCUT2D eigenvalue weighted by atomic mass is 10.2. The van der Waals surface area contributed by atoms with Gasteiger partial charge in [-0.05, 0) is 36.8 Å². The third-order valence-corrected chi connectivity index (χ3v) is 6.69. The van der Waals surface area contributed by atoms with Gasteiger partial charge in [0.25, 0.3) is 5.91 Å². The van der Waals surface area contributed by atoms with Crippen molar-refractivity contribution in [1.82, 2.24) is 0 Å². The molecular formula is C18H14N2OS3. The van der Waals surface area contributed by atoms with Gasteiger partial charge in [0.2, 0.25) is 0 Å². The normalized spacial score (nSPS) is 20.1. The Morgan fingerprint density at radius 1 is 1.04 bits per heavy atom. The molecule has 2 aromatic rings. The third kappa shape index (κ3) is 2.46. The van der Waals surface area contributed by atoms with Gasteiger partial charge in [0.05, 0.1) is 16.4 Å². The van der Waals surface area contributed by atoms with Crippen molar-refractivity contribution >= 4 is 57.3 Å². The Morgan fingerprint density at radius 2 is 1.83 bits per heavy atom. The average molecular weight is 371 g/mol. The number of rotatable bonds is 1. The first-order valence-corrected chi connectivity index (χ1v) is 9.48. The first-order valence-electron chi connectivity index (χ1n) is 7.44. The molecule has 4 rings (SSSR count). The maximum atomic E-state index is 13.0. The summed E-state index contributed by atoms with van der Waals surface area (Å²) in [4.78, 5) is 18.6. The van der Waals surface area contributed by atoms with Crippen molar-refractivity contribution in [3.8, 4) is 0 Å². The zero-order valence-electron chi connectivity index (χ0n) is 13.1. The molecule has 0 spiro atoms. The van der Waals surface area contributed by atoms with Crippen LogP contribution in [0.1, 0.15) is 5.56 Å². The fourth-order valence-electron chi connectivity index (χ4n) is 2.79.